The van der Waals surface area contributed by atoms with E-state index in [2.05, 4.69) is 20.1 Å². The van der Waals surface area contributed by atoms with Crippen LogP contribution in [-0.2, 0) is 20.8 Å². The number of hydrogen-bond acceptors (Lipinski definition) is 10. The van der Waals surface area contributed by atoms with Gasteiger partial charge in [0.25, 0.3) is 10.0 Å². The van der Waals surface area contributed by atoms with Crippen LogP contribution in [-0.4, -0.2) is 45.9 Å². The summed E-state index contributed by atoms with van der Waals surface area (Å²) in [5, 5.41) is 16.1. The Kier molecular flexibility index (Phi) is 11.7. The molecule has 1 aromatic heterocycles. The van der Waals surface area contributed by atoms with Crippen molar-refractivity contribution in [2.24, 2.45) is 10.2 Å². The number of nitriles is 1. The molecule has 44 heavy (non-hydrogen) atoms. The number of azide groups is 2. The average Bonchev–Trinajstić information content (AvgIpc) is 3.39. The maximum Gasteiger partial charge on any atom is 0.417 e. The monoisotopic (exact) mass is 674 g/mol. The first-order valence-corrected chi connectivity index (χ1v) is 16.3. The summed E-state index contributed by atoms with van der Waals surface area (Å²) in [5.41, 5.74) is 14.7. The number of fused-ring (bicyclic) bond motifs is 1. The zero-order chi connectivity index (χ0) is 32.4. The molecule has 2 N–H and O–H groups in total. The van der Waals surface area contributed by atoms with Gasteiger partial charge in [0.1, 0.15) is 16.2 Å². The largest absolute Gasteiger partial charge is 0.490 e. The molecule has 0 bridgehead atoms. The fourth-order valence-corrected chi connectivity index (χ4v) is 7.41. The predicted octanol–water partition coefficient (Wildman–Crippen LogP) is 6.45. The molecule has 0 saturated heterocycles. The minimum atomic E-state index is -4.94. The van der Waals surface area contributed by atoms with Crippen LogP contribution in [0.5, 0.6) is 17.2 Å². The third-order valence-corrected chi connectivity index (χ3v) is 9.63. The van der Waals surface area contributed by atoms with Gasteiger partial charge >= 0.3 is 13.8 Å². The summed E-state index contributed by atoms with van der Waals surface area (Å²) in [6, 6.07) is 7.69. The van der Waals surface area contributed by atoms with Gasteiger partial charge in [-0.1, -0.05) is 10.2 Å². The Morgan fingerprint density at radius 2 is 1.66 bits per heavy atom. The molecule has 0 amide bonds. The van der Waals surface area contributed by atoms with Crippen LogP contribution in [0.2, 0.25) is 0 Å². The topological polar surface area (TPSA) is 232 Å². The molecule has 0 radical (unpaired) electrons. The van der Waals surface area contributed by atoms with E-state index in [-0.39, 0.29) is 42.0 Å². The summed E-state index contributed by atoms with van der Waals surface area (Å²) in [6.07, 6.45) is -5.35. The fraction of sp³-hybridized carbons (Fsp3) is 0.348. The highest BCUT2D eigenvalue weighted by molar-refractivity contribution is 7.92. The van der Waals surface area contributed by atoms with Gasteiger partial charge in [-0.05, 0) is 59.6 Å². The van der Waals surface area contributed by atoms with Crippen molar-refractivity contribution in [2.45, 2.75) is 23.2 Å². The average molecular weight is 675 g/mol. The Bertz CT molecular complexity index is 1740. The summed E-state index contributed by atoms with van der Waals surface area (Å²) >= 11 is 0.797. The van der Waals surface area contributed by atoms with Crippen LogP contribution in [0, 0.1) is 11.3 Å². The smallest absolute Gasteiger partial charge is 0.417 e. The van der Waals surface area contributed by atoms with Crippen LogP contribution in [0.25, 0.3) is 31.0 Å². The number of hydrogen-bond donors (Lipinski definition) is 2. The van der Waals surface area contributed by atoms with Crippen LogP contribution in [0.4, 0.5) is 13.2 Å². The van der Waals surface area contributed by atoms with Gasteiger partial charge in [0.2, 0.25) is 0 Å². The van der Waals surface area contributed by atoms with Gasteiger partial charge in [-0.3, -0.25) is 0 Å². The Labute approximate surface area is 251 Å². The van der Waals surface area contributed by atoms with E-state index in [1.807, 2.05) is 4.72 Å². The maximum atomic E-state index is 13.2. The summed E-state index contributed by atoms with van der Waals surface area (Å²) in [7, 11) is -9.27. The van der Waals surface area contributed by atoms with E-state index in [1.54, 1.807) is 0 Å². The summed E-state index contributed by atoms with van der Waals surface area (Å²) in [5.74, 6) is -0.178. The van der Waals surface area contributed by atoms with Crippen molar-refractivity contribution in [3.63, 3.8) is 0 Å². The van der Waals surface area contributed by atoms with Crippen LogP contribution < -0.4 is 18.7 Å². The third-order valence-electron chi connectivity index (χ3n) is 5.39. The van der Waals surface area contributed by atoms with E-state index in [4.69, 9.17) is 30.3 Å². The second kappa shape index (κ2) is 15.0. The van der Waals surface area contributed by atoms with Crippen molar-refractivity contribution < 1.29 is 45.0 Å². The zero-order valence-corrected chi connectivity index (χ0v) is 24.9. The number of halogens is 3. The third kappa shape index (κ3) is 9.66. The molecule has 2 aromatic carbocycles. The number of sulfonamides is 1. The number of nitrogens with one attached hydrogen (secondary N) is 1. The van der Waals surface area contributed by atoms with Gasteiger partial charge in [-0.15, -0.1) is 11.3 Å². The van der Waals surface area contributed by atoms with E-state index in [0.29, 0.717) is 29.0 Å². The minimum absolute atomic E-state index is 0.145. The Hall–Kier alpha value is -4.20. The molecule has 0 fully saturated rings. The molecular formula is C23H22F3N8O7PS2. The highest BCUT2D eigenvalue weighted by Gasteiger charge is 2.35. The van der Waals surface area contributed by atoms with Gasteiger partial charge in [0, 0.05) is 33.7 Å². The molecular weight excluding hydrogens is 652 g/mol. The van der Waals surface area contributed by atoms with Gasteiger partial charge in [-0.2, -0.15) is 23.2 Å². The molecule has 234 valence electrons. The lowest BCUT2D eigenvalue weighted by molar-refractivity contribution is -0.137. The molecule has 1 unspecified atom stereocenters. The number of nitrogens with zero attached hydrogens (tertiary/aromatic N) is 7. The first-order valence-electron chi connectivity index (χ1n) is 12.3. The van der Waals surface area contributed by atoms with Crippen LogP contribution in [0.3, 0.4) is 0 Å². The van der Waals surface area contributed by atoms with Crippen LogP contribution in [0.15, 0.2) is 50.8 Å². The van der Waals surface area contributed by atoms with E-state index in [1.165, 1.54) is 24.3 Å². The van der Waals surface area contributed by atoms with Crippen molar-refractivity contribution in [2.75, 3.05) is 32.6 Å². The molecule has 3 aromatic rings. The molecule has 1 heterocycles. The van der Waals surface area contributed by atoms with E-state index >= 15 is 0 Å². The van der Waals surface area contributed by atoms with Crippen molar-refractivity contribution in [1.29, 1.82) is 5.26 Å². The molecule has 0 aliphatic heterocycles. The lowest BCUT2D eigenvalue weighted by Gasteiger charge is -2.16. The van der Waals surface area contributed by atoms with Crippen molar-refractivity contribution in [3.8, 4) is 23.3 Å². The minimum Gasteiger partial charge on any atom is -0.490 e. The molecule has 0 spiro atoms. The first kappa shape index (κ1) is 34.3. The number of thiophene rings is 1. The molecule has 1 atom stereocenters. The standard InChI is InChI=1S/C23H22F3N8O7PS2/c24-23(25,26)18-11-17(4-3-15(18)13-27)41-42(35,36)14-32-44(37,38)22-10-16-9-19(39-7-1-5-30-33-28)20(12-21(16)43-22)40-8-2-6-31-34-29/h3-4,9-12,32H,1-2,5-8,14H2,(H,35,36). The quantitative estimate of drug-likeness (QED) is 0.0562. The molecule has 0 saturated carbocycles. The molecule has 15 nitrogen and oxygen atoms in total. The normalized spacial score (nSPS) is 12.8. The van der Waals surface area contributed by atoms with E-state index in [9.17, 15) is 31.0 Å². The van der Waals surface area contributed by atoms with Crippen molar-refractivity contribution in [3.05, 3.63) is 68.4 Å². The summed E-state index contributed by atoms with van der Waals surface area (Å²) in [6.45, 7) is 0.654. The predicted molar refractivity (Wildman–Crippen MR) is 152 cm³/mol. The highest BCUT2D eigenvalue weighted by Crippen LogP contribution is 2.44. The Morgan fingerprint density at radius 1 is 1.05 bits per heavy atom. The van der Waals surface area contributed by atoms with E-state index in [0.717, 1.165) is 23.5 Å². The van der Waals surface area contributed by atoms with Crippen LogP contribution >= 0.6 is 18.9 Å². The number of ether oxygens (including phenoxy) is 2. The SMILES string of the molecule is N#Cc1ccc(OP(=O)(O)CNS(=O)(=O)c2cc3cc(OCCCN=[N+]=[N-])c(OCCCN=[N+]=[N-])cc3s2)cc1C(F)(F)F. The lowest BCUT2D eigenvalue weighted by Crippen LogP contribution is -2.25. The maximum absolute atomic E-state index is 13.2. The van der Waals surface area contributed by atoms with Gasteiger partial charge in [0.05, 0.1) is 30.4 Å². The van der Waals surface area contributed by atoms with Crippen molar-refractivity contribution >= 4 is 39.0 Å². The van der Waals surface area contributed by atoms with Crippen LogP contribution in [0.1, 0.15) is 24.0 Å². The first-order chi connectivity index (χ1) is 20.8. The van der Waals surface area contributed by atoms with Crippen molar-refractivity contribution in [1.82, 2.24) is 4.72 Å². The number of rotatable bonds is 16. The second-order valence-corrected chi connectivity index (χ2v) is 13.4. The van der Waals surface area contributed by atoms with E-state index < -0.39 is 47.0 Å². The number of alkyl halides is 3. The second-order valence-electron chi connectivity index (χ2n) is 8.57. The summed E-state index contributed by atoms with van der Waals surface area (Å²) < 4.78 is 96.5. The Morgan fingerprint density at radius 3 is 2.23 bits per heavy atom. The number of benzene rings is 2. The lowest BCUT2D eigenvalue weighted by atomic mass is 10.1. The zero-order valence-electron chi connectivity index (χ0n) is 22.3. The molecule has 3 rings (SSSR count). The molecule has 0 aliphatic rings. The van der Waals surface area contributed by atoms with Gasteiger partial charge in [0.15, 0.2) is 11.5 Å². The fourth-order valence-electron chi connectivity index (χ4n) is 3.45. The molecule has 0 aliphatic carbocycles. The highest BCUT2D eigenvalue weighted by atomic mass is 32.2. The van der Waals surface area contributed by atoms with Gasteiger partial charge < -0.3 is 18.9 Å². The molecule has 21 heteroatoms. The Balaban J connectivity index is 1.78. The summed E-state index contributed by atoms with van der Waals surface area (Å²) in [4.78, 5) is 15.5. The van der Waals surface area contributed by atoms with Gasteiger partial charge in [-0.25, -0.2) is 13.0 Å².